The molecule has 2 amide bonds. The zero-order valence-corrected chi connectivity index (χ0v) is 22.4. The molecule has 210 valence electrons. The van der Waals surface area contributed by atoms with Crippen LogP contribution in [-0.4, -0.2) is 90.8 Å². The lowest BCUT2D eigenvalue weighted by Gasteiger charge is -2.29. The molecule has 0 spiro atoms. The summed E-state index contributed by atoms with van der Waals surface area (Å²) in [6.45, 7) is 15.3. The van der Waals surface area contributed by atoms with Crippen molar-refractivity contribution < 1.29 is 37.4 Å². The van der Waals surface area contributed by atoms with Gasteiger partial charge in [-0.3, -0.25) is 9.59 Å². The summed E-state index contributed by atoms with van der Waals surface area (Å²) in [6, 6.07) is 7.86. The molecule has 0 bridgehead atoms. The minimum atomic E-state index is -5.08. The van der Waals surface area contributed by atoms with Crippen molar-refractivity contribution in [1.82, 2.24) is 15.1 Å². The first-order valence-corrected chi connectivity index (χ1v) is 12.4. The van der Waals surface area contributed by atoms with Crippen LogP contribution < -0.4 is 5.32 Å². The van der Waals surface area contributed by atoms with Gasteiger partial charge in [0.2, 0.25) is 5.91 Å². The van der Waals surface area contributed by atoms with Gasteiger partial charge in [0.1, 0.15) is 0 Å². The van der Waals surface area contributed by atoms with Crippen LogP contribution >= 0.6 is 0 Å². The van der Waals surface area contributed by atoms with Crippen LogP contribution in [0.3, 0.4) is 0 Å². The van der Waals surface area contributed by atoms with Gasteiger partial charge in [-0.05, 0) is 43.4 Å². The zero-order valence-electron chi connectivity index (χ0n) is 22.4. The first-order valence-electron chi connectivity index (χ1n) is 12.4. The van der Waals surface area contributed by atoms with Crippen molar-refractivity contribution in [2.24, 2.45) is 0 Å². The molecule has 11 heteroatoms. The quantitative estimate of drug-likeness (QED) is 0.472. The van der Waals surface area contributed by atoms with Crippen LogP contribution in [0.15, 0.2) is 24.3 Å². The van der Waals surface area contributed by atoms with Crippen molar-refractivity contribution in [1.29, 1.82) is 0 Å². The van der Waals surface area contributed by atoms with Gasteiger partial charge >= 0.3 is 12.1 Å². The van der Waals surface area contributed by atoms with Gasteiger partial charge in [-0.1, -0.05) is 32.9 Å². The highest BCUT2D eigenvalue weighted by Crippen LogP contribution is 2.22. The second-order valence-electron chi connectivity index (χ2n) is 10.1. The molecule has 0 unspecified atom stereocenters. The molecule has 1 saturated heterocycles. The third kappa shape index (κ3) is 12.4. The fourth-order valence-corrected chi connectivity index (χ4v) is 3.49. The zero-order chi connectivity index (χ0) is 28.2. The van der Waals surface area contributed by atoms with E-state index >= 15 is 0 Å². The first-order chi connectivity index (χ1) is 17.1. The Balaban J connectivity index is 0.000000856. The number of carboxylic acid groups (broad SMARTS) is 1. The van der Waals surface area contributed by atoms with Gasteiger partial charge in [0, 0.05) is 57.9 Å². The van der Waals surface area contributed by atoms with Crippen LogP contribution in [0.25, 0.3) is 0 Å². The molecule has 1 heterocycles. The number of carboxylic acids is 1. The number of nitrogens with one attached hydrogen (secondary N) is 1. The van der Waals surface area contributed by atoms with E-state index in [4.69, 9.17) is 14.6 Å². The van der Waals surface area contributed by atoms with Crippen LogP contribution in [0.1, 0.15) is 63.4 Å². The van der Waals surface area contributed by atoms with Crippen LogP contribution in [0.5, 0.6) is 0 Å². The second-order valence-corrected chi connectivity index (χ2v) is 10.1. The van der Waals surface area contributed by atoms with E-state index in [2.05, 4.69) is 26.1 Å². The molecule has 1 fully saturated rings. The molecule has 0 aliphatic carbocycles. The van der Waals surface area contributed by atoms with Crippen molar-refractivity contribution in [2.45, 2.75) is 65.2 Å². The summed E-state index contributed by atoms with van der Waals surface area (Å²) in [5.74, 6) is -2.66. The predicted molar refractivity (Wildman–Crippen MR) is 135 cm³/mol. The fourth-order valence-electron chi connectivity index (χ4n) is 3.49. The lowest BCUT2D eigenvalue weighted by molar-refractivity contribution is -0.192. The maximum Gasteiger partial charge on any atom is 0.490 e. The molecule has 0 radical (unpaired) electrons. The molecular formula is C26H40F3N3O5. The van der Waals surface area contributed by atoms with Gasteiger partial charge in [0.05, 0.1) is 6.10 Å². The molecular weight excluding hydrogens is 491 g/mol. The Labute approximate surface area is 217 Å². The molecule has 2 rings (SSSR count). The highest BCUT2D eigenvalue weighted by atomic mass is 19.4. The Morgan fingerprint density at radius 3 is 2.05 bits per heavy atom. The lowest BCUT2D eigenvalue weighted by atomic mass is 9.86. The van der Waals surface area contributed by atoms with Crippen molar-refractivity contribution in [3.8, 4) is 0 Å². The van der Waals surface area contributed by atoms with E-state index in [1.54, 1.807) is 4.90 Å². The van der Waals surface area contributed by atoms with E-state index < -0.39 is 12.1 Å². The minimum Gasteiger partial charge on any atom is -0.475 e. The second kappa shape index (κ2) is 14.9. The standard InChI is InChI=1S/C24H39N3O3.C2HF3O2/c1-19(2)30-18-6-14-27(15-11-22(28)26-16-12-25-13-17-26)23(29)20-7-9-21(10-8-20)24(3,4)5;3-2(4,5)1(6)7/h7-10,19,25H,6,11-18H2,1-5H3;(H,6,7). The largest absolute Gasteiger partial charge is 0.490 e. The van der Waals surface area contributed by atoms with Gasteiger partial charge in [-0.25, -0.2) is 4.79 Å². The lowest BCUT2D eigenvalue weighted by Crippen LogP contribution is -2.47. The Morgan fingerprint density at radius 1 is 1.05 bits per heavy atom. The highest BCUT2D eigenvalue weighted by molar-refractivity contribution is 5.94. The number of carbonyl (C=O) groups excluding carboxylic acids is 2. The van der Waals surface area contributed by atoms with Gasteiger partial charge in [-0.2, -0.15) is 13.2 Å². The van der Waals surface area contributed by atoms with Crippen molar-refractivity contribution >= 4 is 17.8 Å². The van der Waals surface area contributed by atoms with E-state index in [9.17, 15) is 22.8 Å². The molecule has 1 aliphatic heterocycles. The van der Waals surface area contributed by atoms with E-state index in [1.165, 1.54) is 5.56 Å². The van der Waals surface area contributed by atoms with Gasteiger partial charge in [0.25, 0.3) is 5.91 Å². The molecule has 8 nitrogen and oxygen atoms in total. The van der Waals surface area contributed by atoms with Gasteiger partial charge < -0.3 is 25.0 Å². The topological polar surface area (TPSA) is 99.2 Å². The molecule has 0 aromatic heterocycles. The number of carbonyl (C=O) groups is 3. The Morgan fingerprint density at radius 2 is 1.59 bits per heavy atom. The van der Waals surface area contributed by atoms with E-state index in [-0.39, 0.29) is 23.3 Å². The summed E-state index contributed by atoms with van der Waals surface area (Å²) >= 11 is 0. The maximum absolute atomic E-state index is 13.2. The van der Waals surface area contributed by atoms with Crippen molar-refractivity contribution in [3.05, 3.63) is 35.4 Å². The van der Waals surface area contributed by atoms with E-state index in [0.717, 1.165) is 32.6 Å². The van der Waals surface area contributed by atoms with Crippen LogP contribution in [0, 0.1) is 0 Å². The summed E-state index contributed by atoms with van der Waals surface area (Å²) in [4.78, 5) is 38.3. The average Bonchev–Trinajstić information content (AvgIpc) is 2.82. The number of benzene rings is 1. The summed E-state index contributed by atoms with van der Waals surface area (Å²) in [7, 11) is 0. The third-order valence-electron chi connectivity index (χ3n) is 5.62. The van der Waals surface area contributed by atoms with Crippen LogP contribution in [-0.2, 0) is 19.7 Å². The van der Waals surface area contributed by atoms with Crippen LogP contribution in [0.2, 0.25) is 0 Å². The molecule has 1 aromatic carbocycles. The molecule has 37 heavy (non-hydrogen) atoms. The number of alkyl halides is 3. The number of ether oxygens (including phenoxy) is 1. The number of rotatable bonds is 9. The number of aliphatic carboxylic acids is 1. The monoisotopic (exact) mass is 531 g/mol. The summed E-state index contributed by atoms with van der Waals surface area (Å²) < 4.78 is 37.4. The Hall–Kier alpha value is -2.66. The summed E-state index contributed by atoms with van der Waals surface area (Å²) in [5.41, 5.74) is 1.91. The SMILES string of the molecule is CC(C)OCCCN(CCC(=O)N1CCNCC1)C(=O)c1ccc(C(C)(C)C)cc1.O=C(O)C(F)(F)F. The number of hydrogen-bond donors (Lipinski definition) is 2. The summed E-state index contributed by atoms with van der Waals surface area (Å²) in [5, 5.41) is 10.4. The van der Waals surface area contributed by atoms with E-state index in [1.807, 2.05) is 43.0 Å². The Bertz CT molecular complexity index is 862. The third-order valence-corrected chi connectivity index (χ3v) is 5.62. The smallest absolute Gasteiger partial charge is 0.475 e. The number of hydrogen-bond acceptors (Lipinski definition) is 5. The highest BCUT2D eigenvalue weighted by Gasteiger charge is 2.38. The van der Waals surface area contributed by atoms with Gasteiger partial charge in [-0.15, -0.1) is 0 Å². The molecule has 1 aliphatic rings. The van der Waals surface area contributed by atoms with Gasteiger partial charge in [0.15, 0.2) is 0 Å². The normalized spacial score (nSPS) is 14.1. The fraction of sp³-hybridized carbons (Fsp3) is 0.654. The Kier molecular flexibility index (Phi) is 13.1. The average molecular weight is 532 g/mol. The van der Waals surface area contributed by atoms with Crippen molar-refractivity contribution in [3.63, 3.8) is 0 Å². The molecule has 0 saturated carbocycles. The predicted octanol–water partition coefficient (Wildman–Crippen LogP) is 3.70. The number of piperazine rings is 1. The van der Waals surface area contributed by atoms with Crippen LogP contribution in [0.4, 0.5) is 13.2 Å². The number of amides is 2. The molecule has 2 N–H and O–H groups in total. The summed E-state index contributed by atoms with van der Waals surface area (Å²) in [6.07, 6.45) is -3.80. The number of halogens is 3. The minimum absolute atomic E-state index is 0.0203. The van der Waals surface area contributed by atoms with Crippen molar-refractivity contribution in [2.75, 3.05) is 45.9 Å². The first kappa shape index (κ1) is 32.4. The molecule has 0 atom stereocenters. The number of nitrogens with zero attached hydrogens (tertiary/aromatic N) is 2. The maximum atomic E-state index is 13.2. The molecule has 1 aromatic rings. The van der Waals surface area contributed by atoms with E-state index in [0.29, 0.717) is 31.7 Å².